The standard InChI is InChI=1S/C16H31N5O3.HI/c1-11(2)13(22)18-7-8-19-14(17-6)20-12-9-21(10-12)15(23)24-16(3,4)5;/h11-12H,7-10H2,1-6H3,(H,18,22)(H2,17,19,20);1H. The lowest BCUT2D eigenvalue weighted by atomic mass is 10.1. The summed E-state index contributed by atoms with van der Waals surface area (Å²) < 4.78 is 5.32. The van der Waals surface area contributed by atoms with E-state index in [0.717, 1.165) is 0 Å². The first-order valence-electron chi connectivity index (χ1n) is 8.35. The number of likely N-dealkylation sites (tertiary alicyclic amines) is 1. The Kier molecular flexibility index (Phi) is 10.1. The normalized spacial score (nSPS) is 15.2. The van der Waals surface area contributed by atoms with Crippen LogP contribution in [-0.2, 0) is 9.53 Å². The molecule has 2 amide bonds. The molecule has 0 aromatic rings. The van der Waals surface area contributed by atoms with Gasteiger partial charge in [-0.1, -0.05) is 13.8 Å². The number of hydrogen-bond donors (Lipinski definition) is 3. The number of hydrogen-bond acceptors (Lipinski definition) is 4. The van der Waals surface area contributed by atoms with Gasteiger partial charge in [0.15, 0.2) is 5.96 Å². The minimum absolute atomic E-state index is 0. The topological polar surface area (TPSA) is 95.1 Å². The molecule has 9 heteroatoms. The molecule has 1 aliphatic rings. The van der Waals surface area contributed by atoms with E-state index >= 15 is 0 Å². The van der Waals surface area contributed by atoms with Gasteiger partial charge in [0.05, 0.1) is 6.04 Å². The fourth-order valence-corrected chi connectivity index (χ4v) is 2.00. The predicted octanol–water partition coefficient (Wildman–Crippen LogP) is 1.16. The van der Waals surface area contributed by atoms with Crippen LogP contribution in [0.3, 0.4) is 0 Å². The minimum Gasteiger partial charge on any atom is -0.444 e. The summed E-state index contributed by atoms with van der Waals surface area (Å²) in [6.45, 7) is 11.6. The van der Waals surface area contributed by atoms with Crippen molar-refractivity contribution in [3.8, 4) is 0 Å². The van der Waals surface area contributed by atoms with E-state index in [-0.39, 0.29) is 47.9 Å². The molecule has 0 atom stereocenters. The molecule has 1 heterocycles. The van der Waals surface area contributed by atoms with E-state index < -0.39 is 5.60 Å². The zero-order chi connectivity index (χ0) is 18.3. The third-order valence-corrected chi connectivity index (χ3v) is 3.34. The Balaban J connectivity index is 0.00000576. The fourth-order valence-electron chi connectivity index (χ4n) is 2.00. The molecule has 0 aromatic heterocycles. The van der Waals surface area contributed by atoms with Crippen molar-refractivity contribution >= 4 is 41.9 Å². The number of carbonyl (C=O) groups is 2. The van der Waals surface area contributed by atoms with Crippen molar-refractivity contribution in [2.24, 2.45) is 10.9 Å². The fraction of sp³-hybridized carbons (Fsp3) is 0.812. The SMILES string of the molecule is CN=C(NCCNC(=O)C(C)C)NC1CN(C(=O)OC(C)(C)C)C1.I. The number of ether oxygens (including phenoxy) is 1. The second kappa shape index (κ2) is 10.7. The molecule has 1 aliphatic heterocycles. The Bertz CT molecular complexity index is 471. The summed E-state index contributed by atoms with van der Waals surface area (Å²) in [5.41, 5.74) is -0.479. The van der Waals surface area contributed by atoms with Gasteiger partial charge >= 0.3 is 6.09 Å². The molecule has 1 rings (SSSR count). The van der Waals surface area contributed by atoms with Crippen LogP contribution in [0.4, 0.5) is 4.79 Å². The maximum absolute atomic E-state index is 11.9. The molecule has 0 aliphatic carbocycles. The molecule has 8 nitrogen and oxygen atoms in total. The first-order chi connectivity index (χ1) is 11.1. The number of nitrogens with zero attached hydrogens (tertiary/aromatic N) is 2. The molecule has 3 N–H and O–H groups in total. The molecule has 25 heavy (non-hydrogen) atoms. The Hall–Kier alpha value is -1.26. The van der Waals surface area contributed by atoms with E-state index in [1.807, 2.05) is 34.6 Å². The summed E-state index contributed by atoms with van der Waals surface area (Å²) in [6.07, 6.45) is -0.292. The van der Waals surface area contributed by atoms with Crippen molar-refractivity contribution in [2.45, 2.75) is 46.3 Å². The van der Waals surface area contributed by atoms with Gasteiger partial charge in [0.25, 0.3) is 0 Å². The average molecular weight is 469 g/mol. The third-order valence-electron chi connectivity index (χ3n) is 3.34. The molecule has 1 saturated heterocycles. The zero-order valence-corrected chi connectivity index (χ0v) is 18.3. The lowest BCUT2D eigenvalue weighted by molar-refractivity contribution is -0.123. The van der Waals surface area contributed by atoms with Crippen LogP contribution in [0.1, 0.15) is 34.6 Å². The molecular formula is C16H32IN5O3. The molecule has 0 aromatic carbocycles. The number of guanidine groups is 1. The lowest BCUT2D eigenvalue weighted by Crippen LogP contribution is -2.63. The van der Waals surface area contributed by atoms with Crippen molar-refractivity contribution in [3.63, 3.8) is 0 Å². The Morgan fingerprint density at radius 3 is 2.24 bits per heavy atom. The highest BCUT2D eigenvalue weighted by Gasteiger charge is 2.34. The maximum Gasteiger partial charge on any atom is 0.410 e. The smallest absolute Gasteiger partial charge is 0.410 e. The van der Waals surface area contributed by atoms with Gasteiger partial charge in [-0.2, -0.15) is 0 Å². The van der Waals surface area contributed by atoms with Gasteiger partial charge in [-0.15, -0.1) is 24.0 Å². The largest absolute Gasteiger partial charge is 0.444 e. The van der Waals surface area contributed by atoms with Crippen LogP contribution in [0.15, 0.2) is 4.99 Å². The number of amides is 2. The molecule has 0 saturated carbocycles. The van der Waals surface area contributed by atoms with E-state index in [1.165, 1.54) is 0 Å². The van der Waals surface area contributed by atoms with Crippen LogP contribution in [0.5, 0.6) is 0 Å². The Labute approximate surface area is 167 Å². The van der Waals surface area contributed by atoms with Gasteiger partial charge in [-0.3, -0.25) is 9.79 Å². The highest BCUT2D eigenvalue weighted by Crippen LogP contribution is 2.14. The van der Waals surface area contributed by atoms with Gasteiger partial charge in [0.1, 0.15) is 5.60 Å². The summed E-state index contributed by atoms with van der Waals surface area (Å²) in [5, 5.41) is 9.21. The first kappa shape index (κ1) is 23.7. The third kappa shape index (κ3) is 9.13. The van der Waals surface area contributed by atoms with Crippen LogP contribution in [-0.4, -0.2) is 67.7 Å². The number of rotatable bonds is 5. The van der Waals surface area contributed by atoms with Gasteiger partial charge in [0.2, 0.25) is 5.91 Å². The highest BCUT2D eigenvalue weighted by atomic mass is 127. The summed E-state index contributed by atoms with van der Waals surface area (Å²) in [4.78, 5) is 29.1. The molecule has 146 valence electrons. The van der Waals surface area contributed by atoms with Gasteiger partial charge in [-0.05, 0) is 20.8 Å². The first-order valence-corrected chi connectivity index (χ1v) is 8.35. The second-order valence-electron chi connectivity index (χ2n) is 7.17. The molecular weight excluding hydrogens is 437 g/mol. The van der Waals surface area contributed by atoms with Crippen molar-refractivity contribution in [3.05, 3.63) is 0 Å². The lowest BCUT2D eigenvalue weighted by Gasteiger charge is -2.40. The number of aliphatic imine (C=N–C) groups is 1. The van der Waals surface area contributed by atoms with Gasteiger partial charge in [0, 0.05) is 39.1 Å². The predicted molar refractivity (Wildman–Crippen MR) is 109 cm³/mol. The maximum atomic E-state index is 11.9. The van der Waals surface area contributed by atoms with Crippen molar-refractivity contribution in [2.75, 3.05) is 33.2 Å². The Morgan fingerprint density at radius 2 is 1.76 bits per heavy atom. The summed E-state index contributed by atoms with van der Waals surface area (Å²) in [7, 11) is 1.69. The van der Waals surface area contributed by atoms with Crippen molar-refractivity contribution in [1.82, 2.24) is 20.9 Å². The molecule has 0 spiro atoms. The van der Waals surface area contributed by atoms with E-state index in [4.69, 9.17) is 4.74 Å². The number of halogens is 1. The average Bonchev–Trinajstić information content (AvgIpc) is 2.41. The minimum atomic E-state index is -0.479. The van der Waals surface area contributed by atoms with Crippen LogP contribution in [0.2, 0.25) is 0 Å². The summed E-state index contributed by atoms with van der Waals surface area (Å²) in [6, 6.07) is 0.147. The van der Waals surface area contributed by atoms with Crippen LogP contribution in [0.25, 0.3) is 0 Å². The van der Waals surface area contributed by atoms with Crippen molar-refractivity contribution in [1.29, 1.82) is 0 Å². The number of nitrogens with one attached hydrogen (secondary N) is 3. The zero-order valence-electron chi connectivity index (χ0n) is 16.0. The van der Waals surface area contributed by atoms with Gasteiger partial charge in [-0.25, -0.2) is 4.79 Å². The second-order valence-corrected chi connectivity index (χ2v) is 7.17. The van der Waals surface area contributed by atoms with Crippen LogP contribution in [0, 0.1) is 5.92 Å². The Morgan fingerprint density at radius 1 is 1.20 bits per heavy atom. The van der Waals surface area contributed by atoms with E-state index in [0.29, 0.717) is 32.1 Å². The summed E-state index contributed by atoms with van der Waals surface area (Å²) in [5.74, 6) is 0.672. The van der Waals surface area contributed by atoms with Crippen LogP contribution < -0.4 is 16.0 Å². The monoisotopic (exact) mass is 469 g/mol. The molecule has 1 fully saturated rings. The number of carbonyl (C=O) groups excluding carboxylic acids is 2. The molecule has 0 bridgehead atoms. The quantitative estimate of drug-likeness (QED) is 0.243. The highest BCUT2D eigenvalue weighted by molar-refractivity contribution is 14.0. The van der Waals surface area contributed by atoms with Gasteiger partial charge < -0.3 is 25.6 Å². The molecule has 0 unspecified atom stereocenters. The van der Waals surface area contributed by atoms with Crippen LogP contribution >= 0.6 is 24.0 Å². The van der Waals surface area contributed by atoms with Crippen molar-refractivity contribution < 1.29 is 14.3 Å². The van der Waals surface area contributed by atoms with E-state index in [2.05, 4.69) is 20.9 Å². The molecule has 0 radical (unpaired) electrons. The van der Waals surface area contributed by atoms with E-state index in [1.54, 1.807) is 11.9 Å². The summed E-state index contributed by atoms with van der Waals surface area (Å²) >= 11 is 0. The van der Waals surface area contributed by atoms with E-state index in [9.17, 15) is 9.59 Å².